The van der Waals surface area contributed by atoms with Crippen LogP contribution >= 0.6 is 0 Å². The molecule has 0 spiro atoms. The van der Waals surface area contributed by atoms with E-state index in [1.165, 1.54) is 6.42 Å². The molecule has 1 saturated carbocycles. The maximum absolute atomic E-state index is 5.82. The lowest BCUT2D eigenvalue weighted by atomic mass is 10.2. The smallest absolute Gasteiger partial charge is 0.239 e. The highest BCUT2D eigenvalue weighted by Crippen LogP contribution is 2.46. The summed E-state index contributed by atoms with van der Waals surface area (Å²) in [6, 6.07) is 4.24. The molecule has 1 aliphatic carbocycles. The lowest BCUT2D eigenvalue weighted by Crippen LogP contribution is -2.12. The Kier molecular flexibility index (Phi) is 2.89. The highest BCUT2D eigenvalue weighted by Gasteiger charge is 2.45. The predicted molar refractivity (Wildman–Crippen MR) is 70.2 cm³/mol. The van der Waals surface area contributed by atoms with E-state index in [1.807, 2.05) is 26.0 Å². The number of rotatable bonds is 4. The second kappa shape index (κ2) is 4.09. The number of hydrogen-bond acceptors (Lipinski definition) is 4. The number of nitrogens with one attached hydrogen (secondary N) is 1. The van der Waals surface area contributed by atoms with E-state index in [0.29, 0.717) is 23.0 Å². The molecule has 0 amide bonds. The molecule has 3 N–H and O–H groups in total. The van der Waals surface area contributed by atoms with E-state index < -0.39 is 0 Å². The molecule has 1 unspecified atom stereocenters. The van der Waals surface area contributed by atoms with E-state index in [0.717, 1.165) is 5.82 Å². The Morgan fingerprint density at radius 3 is 2.65 bits per heavy atom. The van der Waals surface area contributed by atoms with Crippen molar-refractivity contribution < 1.29 is 4.74 Å². The van der Waals surface area contributed by atoms with Gasteiger partial charge in [-0.2, -0.15) is 4.98 Å². The van der Waals surface area contributed by atoms with Gasteiger partial charge < -0.3 is 15.8 Å². The first-order valence-electron chi connectivity index (χ1n) is 6.08. The predicted octanol–water partition coefficient (Wildman–Crippen LogP) is 2.66. The standard InChI is InChI=1S/C13H21N3O/c1-8(2)17-12-9(14)5-6-11(16-12)15-10-7-13(10,3)4/h5-6,8,10H,7,14H2,1-4H3,(H,15,16). The number of ether oxygens (including phenoxy) is 1. The first kappa shape index (κ1) is 12.0. The summed E-state index contributed by atoms with van der Waals surface area (Å²) in [4.78, 5) is 4.40. The Labute approximate surface area is 103 Å². The van der Waals surface area contributed by atoms with Gasteiger partial charge in [0, 0.05) is 6.04 Å². The molecule has 0 bridgehead atoms. The molecule has 17 heavy (non-hydrogen) atoms. The first-order valence-corrected chi connectivity index (χ1v) is 6.08. The second-order valence-corrected chi connectivity index (χ2v) is 5.65. The number of hydrogen-bond donors (Lipinski definition) is 2. The van der Waals surface area contributed by atoms with Crippen LogP contribution in [0, 0.1) is 5.41 Å². The minimum Gasteiger partial charge on any atom is -0.473 e. The molecule has 1 aliphatic rings. The van der Waals surface area contributed by atoms with Crippen LogP contribution in [-0.2, 0) is 0 Å². The number of anilines is 2. The second-order valence-electron chi connectivity index (χ2n) is 5.65. The monoisotopic (exact) mass is 235 g/mol. The fraction of sp³-hybridized carbons (Fsp3) is 0.615. The Morgan fingerprint density at radius 1 is 1.47 bits per heavy atom. The molecule has 4 heteroatoms. The largest absolute Gasteiger partial charge is 0.473 e. The van der Waals surface area contributed by atoms with Gasteiger partial charge in [-0.25, -0.2) is 0 Å². The summed E-state index contributed by atoms with van der Waals surface area (Å²) in [5.41, 5.74) is 6.78. The highest BCUT2D eigenvalue weighted by atomic mass is 16.5. The Balaban J connectivity index is 2.08. The zero-order chi connectivity index (χ0) is 12.6. The van der Waals surface area contributed by atoms with Gasteiger partial charge in [0.05, 0.1) is 11.8 Å². The summed E-state index contributed by atoms with van der Waals surface area (Å²) < 4.78 is 5.56. The van der Waals surface area contributed by atoms with Gasteiger partial charge in [0.2, 0.25) is 5.88 Å². The molecule has 94 valence electrons. The summed E-state index contributed by atoms with van der Waals surface area (Å²) in [5.74, 6) is 1.36. The molecule has 0 aliphatic heterocycles. The molecule has 0 aromatic carbocycles. The van der Waals surface area contributed by atoms with Gasteiger partial charge in [-0.3, -0.25) is 0 Å². The molecule has 1 heterocycles. The molecule has 1 aromatic rings. The van der Waals surface area contributed by atoms with E-state index >= 15 is 0 Å². The Bertz CT molecular complexity index is 415. The van der Waals surface area contributed by atoms with Gasteiger partial charge in [0.25, 0.3) is 0 Å². The maximum atomic E-state index is 5.82. The quantitative estimate of drug-likeness (QED) is 0.842. The van der Waals surface area contributed by atoms with Crippen LogP contribution in [0.4, 0.5) is 11.5 Å². The number of nitrogens with two attached hydrogens (primary N) is 1. The van der Waals surface area contributed by atoms with E-state index in [-0.39, 0.29) is 6.10 Å². The summed E-state index contributed by atoms with van der Waals surface area (Å²) in [6.07, 6.45) is 1.26. The van der Waals surface area contributed by atoms with Gasteiger partial charge in [-0.15, -0.1) is 0 Å². The molecule has 1 atom stereocenters. The third-order valence-corrected chi connectivity index (χ3v) is 3.07. The van der Waals surface area contributed by atoms with E-state index in [1.54, 1.807) is 0 Å². The van der Waals surface area contributed by atoms with Gasteiger partial charge in [0.15, 0.2) is 0 Å². The van der Waals surface area contributed by atoms with E-state index in [4.69, 9.17) is 10.5 Å². The summed E-state index contributed by atoms with van der Waals surface area (Å²) in [5, 5.41) is 3.40. The zero-order valence-electron chi connectivity index (χ0n) is 10.9. The molecule has 1 fully saturated rings. The maximum Gasteiger partial charge on any atom is 0.239 e. The summed E-state index contributed by atoms with van der Waals surface area (Å²) >= 11 is 0. The molecule has 0 radical (unpaired) electrons. The van der Waals surface area contributed by atoms with Crippen LogP contribution in [0.25, 0.3) is 0 Å². The average molecular weight is 235 g/mol. The van der Waals surface area contributed by atoms with Crippen molar-refractivity contribution in [1.82, 2.24) is 4.98 Å². The topological polar surface area (TPSA) is 60.2 Å². The molecule has 0 saturated heterocycles. The fourth-order valence-corrected chi connectivity index (χ4v) is 1.74. The van der Waals surface area contributed by atoms with Crippen molar-refractivity contribution in [2.45, 2.75) is 46.3 Å². The van der Waals surface area contributed by atoms with Crippen LogP contribution in [0.2, 0.25) is 0 Å². The van der Waals surface area contributed by atoms with E-state index in [9.17, 15) is 0 Å². The van der Waals surface area contributed by atoms with Gasteiger partial charge in [-0.1, -0.05) is 13.8 Å². The van der Waals surface area contributed by atoms with Crippen LogP contribution in [0.1, 0.15) is 34.1 Å². The van der Waals surface area contributed by atoms with Crippen LogP contribution < -0.4 is 15.8 Å². The minimum atomic E-state index is 0.0809. The number of aromatic nitrogens is 1. The number of pyridine rings is 1. The first-order chi connectivity index (χ1) is 7.88. The van der Waals surface area contributed by atoms with Gasteiger partial charge in [0.1, 0.15) is 5.82 Å². The summed E-state index contributed by atoms with van der Waals surface area (Å²) in [6.45, 7) is 8.41. The van der Waals surface area contributed by atoms with Gasteiger partial charge >= 0.3 is 0 Å². The minimum absolute atomic E-state index is 0.0809. The van der Waals surface area contributed by atoms with Gasteiger partial charge in [-0.05, 0) is 37.8 Å². The SMILES string of the molecule is CC(C)Oc1nc(NC2CC2(C)C)ccc1N. The van der Waals surface area contributed by atoms with Crippen molar-refractivity contribution in [2.75, 3.05) is 11.1 Å². The van der Waals surface area contributed by atoms with Crippen LogP contribution in [-0.4, -0.2) is 17.1 Å². The molecule has 4 nitrogen and oxygen atoms in total. The van der Waals surface area contributed by atoms with Crippen molar-refractivity contribution in [3.05, 3.63) is 12.1 Å². The van der Waals surface area contributed by atoms with Crippen molar-refractivity contribution in [1.29, 1.82) is 0 Å². The third-order valence-electron chi connectivity index (χ3n) is 3.07. The zero-order valence-corrected chi connectivity index (χ0v) is 10.9. The normalized spacial score (nSPS) is 21.4. The van der Waals surface area contributed by atoms with Crippen molar-refractivity contribution in [3.63, 3.8) is 0 Å². The number of nitrogens with zero attached hydrogens (tertiary/aromatic N) is 1. The molecular weight excluding hydrogens is 214 g/mol. The van der Waals surface area contributed by atoms with Crippen molar-refractivity contribution >= 4 is 11.5 Å². The van der Waals surface area contributed by atoms with Crippen molar-refractivity contribution in [3.8, 4) is 5.88 Å². The molecule has 1 aromatic heterocycles. The molecular formula is C13H21N3O. The van der Waals surface area contributed by atoms with E-state index in [2.05, 4.69) is 24.1 Å². The van der Waals surface area contributed by atoms with Crippen LogP contribution in [0.5, 0.6) is 5.88 Å². The molecule has 2 rings (SSSR count). The highest BCUT2D eigenvalue weighted by molar-refractivity contribution is 5.54. The van der Waals surface area contributed by atoms with Crippen LogP contribution in [0.3, 0.4) is 0 Å². The lowest BCUT2D eigenvalue weighted by Gasteiger charge is -2.13. The third kappa shape index (κ3) is 2.81. The van der Waals surface area contributed by atoms with Crippen LogP contribution in [0.15, 0.2) is 12.1 Å². The fourth-order valence-electron chi connectivity index (χ4n) is 1.74. The Hall–Kier alpha value is -1.45. The average Bonchev–Trinajstić information content (AvgIpc) is 2.78. The lowest BCUT2D eigenvalue weighted by molar-refractivity contribution is 0.234. The summed E-state index contributed by atoms with van der Waals surface area (Å²) in [7, 11) is 0. The number of nitrogen functional groups attached to an aromatic ring is 1. The van der Waals surface area contributed by atoms with Crippen molar-refractivity contribution in [2.24, 2.45) is 5.41 Å². The Morgan fingerprint density at radius 2 is 2.12 bits per heavy atom.